The van der Waals surface area contributed by atoms with Crippen molar-refractivity contribution >= 4 is 11.9 Å². The summed E-state index contributed by atoms with van der Waals surface area (Å²) in [7, 11) is 0. The molecule has 5 nitrogen and oxygen atoms in total. The zero-order valence-corrected chi connectivity index (χ0v) is 8.71. The maximum atomic E-state index is 10.5. The highest BCUT2D eigenvalue weighted by atomic mass is 16.5. The van der Waals surface area contributed by atoms with Crippen LogP contribution >= 0.6 is 0 Å². The Hall–Kier alpha value is -2.04. The number of benzene rings is 1. The lowest BCUT2D eigenvalue weighted by Gasteiger charge is -2.09. The summed E-state index contributed by atoms with van der Waals surface area (Å²) in [6.45, 7) is 1.59. The summed E-state index contributed by atoms with van der Waals surface area (Å²) in [5.41, 5.74) is 0.165. The predicted octanol–water partition coefficient (Wildman–Crippen LogP) is 1.48. The van der Waals surface area contributed by atoms with Crippen LogP contribution < -0.4 is 4.74 Å². The number of hydrogen-bond acceptors (Lipinski definition) is 3. The Morgan fingerprint density at radius 3 is 2.25 bits per heavy atom. The predicted molar refractivity (Wildman–Crippen MR) is 55.7 cm³/mol. The van der Waals surface area contributed by atoms with E-state index in [-0.39, 0.29) is 12.2 Å². The molecule has 0 amide bonds. The standard InChI is InChI=1S/C11H12O5/c1-7(10(12)13)6-16-9-4-2-8(3-5-9)11(14)15/h2-5,7H,6H2,1H3,(H,12,13)(H,14,15). The molecule has 1 unspecified atom stereocenters. The molecule has 2 N–H and O–H groups in total. The fourth-order valence-electron chi connectivity index (χ4n) is 0.986. The van der Waals surface area contributed by atoms with Gasteiger partial charge in [-0.15, -0.1) is 0 Å². The Bertz CT molecular complexity index is 382. The summed E-state index contributed by atoms with van der Waals surface area (Å²) in [6, 6.07) is 5.81. The average Bonchev–Trinajstić information content (AvgIpc) is 2.26. The van der Waals surface area contributed by atoms with Gasteiger partial charge in [0, 0.05) is 0 Å². The first-order chi connectivity index (χ1) is 7.50. The molecule has 0 fully saturated rings. The SMILES string of the molecule is CC(COc1ccc(C(=O)O)cc1)C(=O)O. The maximum absolute atomic E-state index is 10.5. The zero-order chi connectivity index (χ0) is 12.1. The summed E-state index contributed by atoms with van der Waals surface area (Å²) < 4.78 is 5.19. The van der Waals surface area contributed by atoms with Crippen LogP contribution in [0.15, 0.2) is 24.3 Å². The van der Waals surface area contributed by atoms with Crippen molar-refractivity contribution in [2.45, 2.75) is 6.92 Å². The molecular formula is C11H12O5. The first-order valence-electron chi connectivity index (χ1n) is 4.69. The van der Waals surface area contributed by atoms with E-state index in [4.69, 9.17) is 14.9 Å². The van der Waals surface area contributed by atoms with Gasteiger partial charge in [-0.3, -0.25) is 4.79 Å². The Balaban J connectivity index is 2.56. The molecule has 0 heterocycles. The molecule has 0 saturated carbocycles. The van der Waals surface area contributed by atoms with Crippen LogP contribution in [0.1, 0.15) is 17.3 Å². The van der Waals surface area contributed by atoms with Crippen molar-refractivity contribution in [2.24, 2.45) is 5.92 Å². The summed E-state index contributed by atoms with van der Waals surface area (Å²) in [4.78, 5) is 21.1. The molecule has 1 aromatic carbocycles. The Kier molecular flexibility index (Phi) is 3.88. The molecule has 0 aromatic heterocycles. The Labute approximate surface area is 92.3 Å². The molecule has 0 saturated heterocycles. The Morgan fingerprint density at radius 1 is 1.25 bits per heavy atom. The van der Waals surface area contributed by atoms with E-state index < -0.39 is 17.9 Å². The van der Waals surface area contributed by atoms with E-state index in [2.05, 4.69) is 0 Å². The lowest BCUT2D eigenvalue weighted by molar-refractivity contribution is -0.142. The van der Waals surface area contributed by atoms with Crippen LogP contribution in [0.2, 0.25) is 0 Å². The first kappa shape index (κ1) is 12.0. The van der Waals surface area contributed by atoms with Crippen molar-refractivity contribution in [1.82, 2.24) is 0 Å². The second kappa shape index (κ2) is 5.16. The maximum Gasteiger partial charge on any atom is 0.335 e. The third-order valence-corrected chi connectivity index (χ3v) is 2.02. The molecule has 0 aliphatic rings. The molecule has 16 heavy (non-hydrogen) atoms. The van der Waals surface area contributed by atoms with E-state index in [1.165, 1.54) is 31.2 Å². The fourth-order valence-corrected chi connectivity index (χ4v) is 0.986. The van der Waals surface area contributed by atoms with Gasteiger partial charge >= 0.3 is 11.9 Å². The number of carbonyl (C=O) groups is 2. The molecule has 1 aromatic rings. The quantitative estimate of drug-likeness (QED) is 0.791. The van der Waals surface area contributed by atoms with Crippen LogP contribution in [-0.4, -0.2) is 28.8 Å². The van der Waals surface area contributed by atoms with Gasteiger partial charge in [-0.2, -0.15) is 0 Å². The second-order valence-electron chi connectivity index (χ2n) is 3.38. The molecule has 0 radical (unpaired) electrons. The summed E-state index contributed by atoms with van der Waals surface area (Å²) >= 11 is 0. The van der Waals surface area contributed by atoms with E-state index in [0.29, 0.717) is 5.75 Å². The molecule has 0 aliphatic heterocycles. The first-order valence-corrected chi connectivity index (χ1v) is 4.69. The number of hydrogen-bond donors (Lipinski definition) is 2. The molecule has 0 bridgehead atoms. The van der Waals surface area contributed by atoms with Crippen molar-refractivity contribution in [3.05, 3.63) is 29.8 Å². The topological polar surface area (TPSA) is 83.8 Å². The van der Waals surface area contributed by atoms with Gasteiger partial charge in [-0.1, -0.05) is 0 Å². The van der Waals surface area contributed by atoms with Crippen molar-refractivity contribution in [1.29, 1.82) is 0 Å². The summed E-state index contributed by atoms with van der Waals surface area (Å²) in [5.74, 6) is -2.08. The summed E-state index contributed by atoms with van der Waals surface area (Å²) in [6.07, 6.45) is 0. The van der Waals surface area contributed by atoms with Crippen LogP contribution in [0.3, 0.4) is 0 Å². The fraction of sp³-hybridized carbons (Fsp3) is 0.273. The second-order valence-corrected chi connectivity index (χ2v) is 3.38. The van der Waals surface area contributed by atoms with Crippen LogP contribution in [0, 0.1) is 5.92 Å². The normalized spacial score (nSPS) is 11.8. The van der Waals surface area contributed by atoms with Gasteiger partial charge in [-0.05, 0) is 31.2 Å². The van der Waals surface area contributed by atoms with Crippen LogP contribution in [-0.2, 0) is 4.79 Å². The van der Waals surface area contributed by atoms with Gasteiger partial charge in [0.05, 0.1) is 11.5 Å². The molecule has 0 spiro atoms. The average molecular weight is 224 g/mol. The zero-order valence-electron chi connectivity index (χ0n) is 8.71. The van der Waals surface area contributed by atoms with E-state index in [0.717, 1.165) is 0 Å². The van der Waals surface area contributed by atoms with Gasteiger partial charge < -0.3 is 14.9 Å². The molecule has 1 atom stereocenters. The molecular weight excluding hydrogens is 212 g/mol. The van der Waals surface area contributed by atoms with Gasteiger partial charge in [0.2, 0.25) is 0 Å². The van der Waals surface area contributed by atoms with E-state index in [1.807, 2.05) is 0 Å². The third kappa shape index (κ3) is 3.27. The minimum atomic E-state index is -1.01. The summed E-state index contributed by atoms with van der Waals surface area (Å²) in [5, 5.41) is 17.3. The van der Waals surface area contributed by atoms with Crippen molar-refractivity contribution in [3.8, 4) is 5.75 Å². The van der Waals surface area contributed by atoms with Gasteiger partial charge in [0.1, 0.15) is 12.4 Å². The smallest absolute Gasteiger partial charge is 0.335 e. The van der Waals surface area contributed by atoms with Gasteiger partial charge in [0.25, 0.3) is 0 Å². The highest BCUT2D eigenvalue weighted by Gasteiger charge is 2.11. The molecule has 86 valence electrons. The van der Waals surface area contributed by atoms with Crippen molar-refractivity contribution in [3.63, 3.8) is 0 Å². The Morgan fingerprint density at radius 2 is 1.81 bits per heavy atom. The number of aromatic carboxylic acids is 1. The van der Waals surface area contributed by atoms with Gasteiger partial charge in [0.15, 0.2) is 0 Å². The van der Waals surface area contributed by atoms with Crippen LogP contribution in [0.4, 0.5) is 0 Å². The lowest BCUT2D eigenvalue weighted by atomic mass is 10.2. The number of aliphatic carboxylic acids is 1. The molecule has 5 heteroatoms. The molecule has 1 rings (SSSR count). The third-order valence-electron chi connectivity index (χ3n) is 2.02. The molecule has 0 aliphatic carbocycles. The lowest BCUT2D eigenvalue weighted by Crippen LogP contribution is -2.17. The van der Waals surface area contributed by atoms with Crippen LogP contribution in [0.5, 0.6) is 5.75 Å². The van der Waals surface area contributed by atoms with Crippen molar-refractivity contribution in [2.75, 3.05) is 6.61 Å². The van der Waals surface area contributed by atoms with Crippen LogP contribution in [0.25, 0.3) is 0 Å². The number of ether oxygens (including phenoxy) is 1. The van der Waals surface area contributed by atoms with E-state index in [1.54, 1.807) is 0 Å². The highest BCUT2D eigenvalue weighted by molar-refractivity contribution is 5.87. The highest BCUT2D eigenvalue weighted by Crippen LogP contribution is 2.13. The van der Waals surface area contributed by atoms with E-state index in [9.17, 15) is 9.59 Å². The largest absolute Gasteiger partial charge is 0.493 e. The number of carboxylic acids is 2. The minimum absolute atomic E-state index is 0.0573. The number of rotatable bonds is 5. The monoisotopic (exact) mass is 224 g/mol. The number of carboxylic acid groups (broad SMARTS) is 2. The van der Waals surface area contributed by atoms with E-state index >= 15 is 0 Å². The van der Waals surface area contributed by atoms with Gasteiger partial charge in [-0.25, -0.2) is 4.79 Å². The minimum Gasteiger partial charge on any atom is -0.493 e. The van der Waals surface area contributed by atoms with Crippen molar-refractivity contribution < 1.29 is 24.5 Å².